The van der Waals surface area contributed by atoms with E-state index >= 15 is 0 Å². The summed E-state index contributed by atoms with van der Waals surface area (Å²) in [6, 6.07) is 8.37. The first kappa shape index (κ1) is 14.0. The number of carbonyl (C=O) groups is 1. The van der Waals surface area contributed by atoms with Crippen molar-refractivity contribution >= 4 is 11.6 Å². The zero-order valence-electron chi connectivity index (χ0n) is 11.8. The molecule has 4 nitrogen and oxygen atoms in total. The molecule has 1 unspecified atom stereocenters. The highest BCUT2D eigenvalue weighted by Gasteiger charge is 2.22. The van der Waals surface area contributed by atoms with Gasteiger partial charge in [0.1, 0.15) is 0 Å². The summed E-state index contributed by atoms with van der Waals surface area (Å²) in [6.45, 7) is 7.55. The summed E-state index contributed by atoms with van der Waals surface area (Å²) in [4.78, 5) is 14.4. The first-order valence-corrected chi connectivity index (χ1v) is 7.01. The van der Waals surface area contributed by atoms with E-state index in [4.69, 9.17) is 0 Å². The Hall–Kier alpha value is -1.39. The van der Waals surface area contributed by atoms with Crippen LogP contribution in [0.25, 0.3) is 0 Å². The van der Waals surface area contributed by atoms with E-state index in [-0.39, 0.29) is 5.91 Å². The lowest BCUT2D eigenvalue weighted by atomic mass is 10.2. The van der Waals surface area contributed by atoms with Crippen molar-refractivity contribution in [2.24, 2.45) is 0 Å². The maximum absolute atomic E-state index is 12.1. The van der Waals surface area contributed by atoms with Gasteiger partial charge in [-0.05, 0) is 38.1 Å². The van der Waals surface area contributed by atoms with Gasteiger partial charge in [-0.25, -0.2) is 0 Å². The van der Waals surface area contributed by atoms with E-state index in [1.807, 2.05) is 31.2 Å². The van der Waals surface area contributed by atoms with E-state index in [1.165, 1.54) is 0 Å². The predicted octanol–water partition coefficient (Wildman–Crippen LogP) is 1.62. The lowest BCUT2D eigenvalue weighted by molar-refractivity contribution is -0.117. The number of hydrogen-bond donors (Lipinski definition) is 2. The van der Waals surface area contributed by atoms with E-state index in [9.17, 15) is 4.79 Å². The first-order chi connectivity index (χ1) is 9.20. The Labute approximate surface area is 115 Å². The van der Waals surface area contributed by atoms with Crippen molar-refractivity contribution in [3.63, 3.8) is 0 Å². The third kappa shape index (κ3) is 3.78. The van der Waals surface area contributed by atoms with Crippen LogP contribution in [-0.4, -0.2) is 43.0 Å². The number of amides is 1. The molecule has 0 aliphatic carbocycles. The highest BCUT2D eigenvalue weighted by molar-refractivity contribution is 5.92. The Morgan fingerprint density at radius 3 is 2.89 bits per heavy atom. The number of likely N-dealkylation sites (N-methyl/N-ethyl adjacent to an activating group) is 1. The maximum Gasteiger partial charge on any atom is 0.238 e. The molecule has 1 aromatic rings. The summed E-state index contributed by atoms with van der Waals surface area (Å²) < 4.78 is 0. The molecule has 2 N–H and O–H groups in total. The molecule has 1 aliphatic rings. The molecular formula is C15H23N3O. The van der Waals surface area contributed by atoms with Gasteiger partial charge in [0, 0.05) is 18.3 Å². The number of benzene rings is 1. The highest BCUT2D eigenvalue weighted by Crippen LogP contribution is 2.14. The predicted molar refractivity (Wildman–Crippen MR) is 78.3 cm³/mol. The molecule has 0 bridgehead atoms. The van der Waals surface area contributed by atoms with E-state index < -0.39 is 0 Å². The number of aryl methyl sites for hydroxylation is 1. The van der Waals surface area contributed by atoms with Crippen LogP contribution in [0, 0.1) is 6.92 Å². The van der Waals surface area contributed by atoms with Crippen molar-refractivity contribution in [3.8, 4) is 0 Å². The SMILES string of the molecule is CCN(CC(=O)Nc1ccccc1C)C1CCNC1. The quantitative estimate of drug-likeness (QED) is 0.846. The summed E-state index contributed by atoms with van der Waals surface area (Å²) in [5.74, 6) is 0.0723. The zero-order valence-corrected chi connectivity index (χ0v) is 11.8. The fraction of sp³-hybridized carbons (Fsp3) is 0.533. The lowest BCUT2D eigenvalue weighted by Gasteiger charge is -2.26. The molecular weight excluding hydrogens is 238 g/mol. The summed E-state index contributed by atoms with van der Waals surface area (Å²) in [7, 11) is 0. The fourth-order valence-corrected chi connectivity index (χ4v) is 2.54. The number of rotatable bonds is 5. The van der Waals surface area contributed by atoms with Crippen LogP contribution in [0.4, 0.5) is 5.69 Å². The number of carbonyl (C=O) groups excluding carboxylic acids is 1. The third-order valence-corrected chi connectivity index (χ3v) is 3.72. The van der Waals surface area contributed by atoms with Gasteiger partial charge in [-0.15, -0.1) is 0 Å². The van der Waals surface area contributed by atoms with Gasteiger partial charge < -0.3 is 10.6 Å². The van der Waals surface area contributed by atoms with Crippen LogP contribution in [0.1, 0.15) is 18.9 Å². The number of hydrogen-bond acceptors (Lipinski definition) is 3. The van der Waals surface area contributed by atoms with E-state index in [2.05, 4.69) is 22.5 Å². The second-order valence-electron chi connectivity index (χ2n) is 5.07. The van der Waals surface area contributed by atoms with Crippen molar-refractivity contribution < 1.29 is 4.79 Å². The molecule has 104 valence electrons. The molecule has 1 atom stereocenters. The van der Waals surface area contributed by atoms with Gasteiger partial charge >= 0.3 is 0 Å². The standard InChI is InChI=1S/C15H23N3O/c1-3-18(13-8-9-16-10-13)11-15(19)17-14-7-5-4-6-12(14)2/h4-7,13,16H,3,8-11H2,1-2H3,(H,17,19). The molecule has 1 aliphatic heterocycles. The van der Waals surface area contributed by atoms with Crippen molar-refractivity contribution in [2.75, 3.05) is 31.5 Å². The molecule has 0 aromatic heterocycles. The Bertz CT molecular complexity index is 427. The summed E-state index contributed by atoms with van der Waals surface area (Å²) in [6.07, 6.45) is 1.13. The minimum atomic E-state index is 0.0723. The van der Waals surface area contributed by atoms with Crippen LogP contribution in [0.2, 0.25) is 0 Å². The molecule has 0 saturated carbocycles. The van der Waals surface area contributed by atoms with Crippen LogP contribution >= 0.6 is 0 Å². The van der Waals surface area contributed by atoms with Gasteiger partial charge in [0.25, 0.3) is 0 Å². The molecule has 1 fully saturated rings. The fourth-order valence-electron chi connectivity index (χ4n) is 2.54. The van der Waals surface area contributed by atoms with Gasteiger partial charge in [0.2, 0.25) is 5.91 Å². The smallest absolute Gasteiger partial charge is 0.238 e. The Morgan fingerprint density at radius 2 is 2.26 bits per heavy atom. The number of para-hydroxylation sites is 1. The molecule has 2 rings (SSSR count). The van der Waals surface area contributed by atoms with E-state index in [1.54, 1.807) is 0 Å². The molecule has 1 amide bonds. The molecule has 4 heteroatoms. The molecule has 0 radical (unpaired) electrons. The monoisotopic (exact) mass is 261 g/mol. The molecule has 1 heterocycles. The van der Waals surface area contributed by atoms with Gasteiger partial charge in [-0.3, -0.25) is 9.69 Å². The van der Waals surface area contributed by atoms with Crippen molar-refractivity contribution in [1.29, 1.82) is 0 Å². The van der Waals surface area contributed by atoms with Crippen molar-refractivity contribution in [3.05, 3.63) is 29.8 Å². The first-order valence-electron chi connectivity index (χ1n) is 7.01. The van der Waals surface area contributed by atoms with Crippen LogP contribution < -0.4 is 10.6 Å². The Balaban J connectivity index is 1.91. The van der Waals surface area contributed by atoms with E-state index in [0.717, 1.165) is 37.3 Å². The topological polar surface area (TPSA) is 44.4 Å². The summed E-state index contributed by atoms with van der Waals surface area (Å²) in [5, 5.41) is 6.34. The summed E-state index contributed by atoms with van der Waals surface area (Å²) in [5.41, 5.74) is 2.01. The second-order valence-corrected chi connectivity index (χ2v) is 5.07. The third-order valence-electron chi connectivity index (χ3n) is 3.72. The minimum absolute atomic E-state index is 0.0723. The largest absolute Gasteiger partial charge is 0.325 e. The number of nitrogens with one attached hydrogen (secondary N) is 2. The van der Waals surface area contributed by atoms with Crippen molar-refractivity contribution in [1.82, 2.24) is 10.2 Å². The molecule has 19 heavy (non-hydrogen) atoms. The van der Waals surface area contributed by atoms with Gasteiger partial charge in [0.15, 0.2) is 0 Å². The second kappa shape index (κ2) is 6.68. The van der Waals surface area contributed by atoms with E-state index in [0.29, 0.717) is 12.6 Å². The lowest BCUT2D eigenvalue weighted by Crippen LogP contribution is -2.41. The molecule has 1 saturated heterocycles. The van der Waals surface area contributed by atoms with Crippen molar-refractivity contribution in [2.45, 2.75) is 26.3 Å². The van der Waals surface area contributed by atoms with Crippen LogP contribution in [0.3, 0.4) is 0 Å². The number of anilines is 1. The van der Waals surface area contributed by atoms with Gasteiger partial charge in [-0.1, -0.05) is 25.1 Å². The minimum Gasteiger partial charge on any atom is -0.325 e. The molecule has 1 aromatic carbocycles. The average molecular weight is 261 g/mol. The van der Waals surface area contributed by atoms with Crippen LogP contribution in [0.5, 0.6) is 0 Å². The normalized spacial score (nSPS) is 18.8. The Morgan fingerprint density at radius 1 is 1.47 bits per heavy atom. The maximum atomic E-state index is 12.1. The average Bonchev–Trinajstić information content (AvgIpc) is 2.92. The van der Waals surface area contributed by atoms with Gasteiger partial charge in [0.05, 0.1) is 6.54 Å². The number of nitrogens with zero attached hydrogens (tertiary/aromatic N) is 1. The van der Waals surface area contributed by atoms with Crippen LogP contribution in [0.15, 0.2) is 24.3 Å². The highest BCUT2D eigenvalue weighted by atomic mass is 16.2. The van der Waals surface area contributed by atoms with Gasteiger partial charge in [-0.2, -0.15) is 0 Å². The zero-order chi connectivity index (χ0) is 13.7. The van der Waals surface area contributed by atoms with Crippen LogP contribution in [-0.2, 0) is 4.79 Å². The Kier molecular flexibility index (Phi) is 4.93. The summed E-state index contributed by atoms with van der Waals surface area (Å²) >= 11 is 0. The molecule has 0 spiro atoms.